The molecule has 2 heterocycles. The van der Waals surface area contributed by atoms with Gasteiger partial charge in [0.15, 0.2) is 5.65 Å². The van der Waals surface area contributed by atoms with Crippen molar-refractivity contribution in [2.45, 2.75) is 18.4 Å². The Kier molecular flexibility index (Phi) is 3.94. The first kappa shape index (κ1) is 16.4. The van der Waals surface area contributed by atoms with Gasteiger partial charge in [-0.1, -0.05) is 23.2 Å². The van der Waals surface area contributed by atoms with Gasteiger partial charge in [-0.2, -0.15) is 15.1 Å². The fourth-order valence-electron chi connectivity index (χ4n) is 2.50. The third kappa shape index (κ3) is 3.35. The zero-order valence-electron chi connectivity index (χ0n) is 13.6. The number of hydrogen-bond acceptors (Lipinski definition) is 6. The quantitative estimate of drug-likeness (QED) is 0.631. The summed E-state index contributed by atoms with van der Waals surface area (Å²) in [5.41, 5.74) is 7.50. The summed E-state index contributed by atoms with van der Waals surface area (Å²) >= 11 is 12.1. The van der Waals surface area contributed by atoms with E-state index in [2.05, 4.69) is 25.7 Å². The third-order valence-electron chi connectivity index (χ3n) is 4.27. The number of nitrogens with one attached hydrogen (secondary N) is 2. The molecule has 1 aliphatic carbocycles. The topological polar surface area (TPSA) is 93.7 Å². The predicted octanol–water partition coefficient (Wildman–Crippen LogP) is 3.32. The first-order valence-electron chi connectivity index (χ1n) is 7.88. The summed E-state index contributed by atoms with van der Waals surface area (Å²) in [7, 11) is 1.84. The minimum atomic E-state index is -0.137. The van der Waals surface area contributed by atoms with Gasteiger partial charge in [0.2, 0.25) is 5.95 Å². The Morgan fingerprint density at radius 2 is 2.04 bits per heavy atom. The van der Waals surface area contributed by atoms with Crippen molar-refractivity contribution in [2.75, 3.05) is 17.2 Å². The summed E-state index contributed by atoms with van der Waals surface area (Å²) in [4.78, 5) is 9.11. The molecule has 1 saturated carbocycles. The van der Waals surface area contributed by atoms with Crippen molar-refractivity contribution in [2.24, 2.45) is 12.8 Å². The van der Waals surface area contributed by atoms with Crippen LogP contribution < -0.4 is 16.4 Å². The zero-order valence-corrected chi connectivity index (χ0v) is 15.1. The molecule has 0 unspecified atom stereocenters. The molecule has 2 aromatic heterocycles. The molecule has 25 heavy (non-hydrogen) atoms. The predicted molar refractivity (Wildman–Crippen MR) is 101 cm³/mol. The molecule has 9 heteroatoms. The Balaban J connectivity index is 1.69. The van der Waals surface area contributed by atoms with Gasteiger partial charge in [0.25, 0.3) is 0 Å². The van der Waals surface area contributed by atoms with Crippen molar-refractivity contribution in [1.29, 1.82) is 0 Å². The van der Waals surface area contributed by atoms with Gasteiger partial charge in [0.1, 0.15) is 5.82 Å². The molecule has 7 nitrogen and oxygen atoms in total. The molecule has 3 aromatic rings. The molecule has 0 spiro atoms. The lowest BCUT2D eigenvalue weighted by molar-refractivity contribution is 0.708. The number of hydrogen-bond donors (Lipinski definition) is 3. The first-order valence-corrected chi connectivity index (χ1v) is 8.64. The lowest BCUT2D eigenvalue weighted by atomic mass is 10.3. The molecule has 4 rings (SSSR count). The van der Waals surface area contributed by atoms with E-state index < -0.39 is 0 Å². The number of anilines is 3. The van der Waals surface area contributed by atoms with E-state index in [-0.39, 0.29) is 5.54 Å². The van der Waals surface area contributed by atoms with Crippen molar-refractivity contribution in [3.8, 4) is 0 Å². The smallest absolute Gasteiger partial charge is 0.226 e. The Hall–Kier alpha value is -2.09. The minimum absolute atomic E-state index is 0.137. The van der Waals surface area contributed by atoms with Crippen molar-refractivity contribution >= 4 is 51.7 Å². The zero-order chi connectivity index (χ0) is 17.6. The molecule has 0 radical (unpaired) electrons. The van der Waals surface area contributed by atoms with Gasteiger partial charge >= 0.3 is 0 Å². The van der Waals surface area contributed by atoms with Crippen LogP contribution in [0.5, 0.6) is 0 Å². The average Bonchev–Trinajstić information content (AvgIpc) is 3.21. The maximum atomic E-state index is 6.13. The van der Waals surface area contributed by atoms with E-state index in [9.17, 15) is 0 Å². The van der Waals surface area contributed by atoms with Crippen LogP contribution in [-0.2, 0) is 7.05 Å². The molecule has 0 bridgehead atoms. The summed E-state index contributed by atoms with van der Waals surface area (Å²) in [6.45, 7) is 0.641. The number of rotatable bonds is 5. The van der Waals surface area contributed by atoms with E-state index in [0.717, 1.165) is 29.6 Å². The van der Waals surface area contributed by atoms with Crippen molar-refractivity contribution in [1.82, 2.24) is 19.7 Å². The molecule has 0 amide bonds. The lowest BCUT2D eigenvalue weighted by Gasteiger charge is -2.13. The molecular weight excluding hydrogens is 361 g/mol. The molecule has 0 saturated heterocycles. The van der Waals surface area contributed by atoms with E-state index in [0.29, 0.717) is 28.4 Å². The minimum Gasteiger partial charge on any atom is -0.352 e. The molecule has 1 aromatic carbocycles. The number of aromatic nitrogens is 4. The Labute approximate surface area is 154 Å². The molecule has 4 N–H and O–H groups in total. The normalized spacial score (nSPS) is 15.4. The van der Waals surface area contributed by atoms with Gasteiger partial charge in [-0.3, -0.25) is 4.68 Å². The summed E-state index contributed by atoms with van der Waals surface area (Å²) in [5.74, 6) is 1.15. The lowest BCUT2D eigenvalue weighted by Crippen LogP contribution is -2.31. The van der Waals surface area contributed by atoms with E-state index in [1.165, 1.54) is 0 Å². The summed E-state index contributed by atoms with van der Waals surface area (Å²) < 4.78 is 1.71. The van der Waals surface area contributed by atoms with Crippen molar-refractivity contribution in [3.63, 3.8) is 0 Å². The van der Waals surface area contributed by atoms with Crippen LogP contribution in [0, 0.1) is 0 Å². The third-order valence-corrected chi connectivity index (χ3v) is 5.00. The highest BCUT2D eigenvalue weighted by Crippen LogP contribution is 2.33. The van der Waals surface area contributed by atoms with Gasteiger partial charge in [-0.15, -0.1) is 0 Å². The Bertz CT molecular complexity index is 949. The van der Waals surface area contributed by atoms with Gasteiger partial charge in [-0.05, 0) is 31.0 Å². The van der Waals surface area contributed by atoms with Crippen LogP contribution in [0.4, 0.5) is 17.5 Å². The van der Waals surface area contributed by atoms with E-state index in [4.69, 9.17) is 28.9 Å². The van der Waals surface area contributed by atoms with Crippen LogP contribution in [0.3, 0.4) is 0 Å². The summed E-state index contributed by atoms with van der Waals surface area (Å²) in [6.07, 6.45) is 3.76. The number of halogens is 2. The second-order valence-electron chi connectivity index (χ2n) is 6.37. The molecule has 130 valence electrons. The monoisotopic (exact) mass is 377 g/mol. The Morgan fingerprint density at radius 3 is 2.76 bits per heavy atom. The highest BCUT2D eigenvalue weighted by molar-refractivity contribution is 6.42. The fraction of sp³-hybridized carbons (Fsp3) is 0.312. The van der Waals surface area contributed by atoms with Crippen LogP contribution >= 0.6 is 23.2 Å². The maximum absolute atomic E-state index is 6.13. The van der Waals surface area contributed by atoms with Gasteiger partial charge in [-0.25, -0.2) is 0 Å². The number of nitrogens with zero attached hydrogens (tertiary/aromatic N) is 4. The number of fused-ring (bicyclic) bond motifs is 1. The van der Waals surface area contributed by atoms with Crippen LogP contribution in [-0.4, -0.2) is 31.8 Å². The average molecular weight is 378 g/mol. The van der Waals surface area contributed by atoms with Crippen LogP contribution in [0.2, 0.25) is 10.0 Å². The Morgan fingerprint density at radius 1 is 1.24 bits per heavy atom. The standard InChI is InChI=1S/C16H17Cl2N7/c1-25-14-10(7-21-25)13(22-9-2-3-11(17)12(18)6-9)23-15(24-14)20-8-16(19)4-5-16/h2-3,6-7H,4-5,8,19H2,1H3,(H2,20,22,23,24). The second-order valence-corrected chi connectivity index (χ2v) is 7.19. The molecular formula is C16H17Cl2N7. The van der Waals surface area contributed by atoms with Crippen LogP contribution in [0.15, 0.2) is 24.4 Å². The number of benzene rings is 1. The van der Waals surface area contributed by atoms with Gasteiger partial charge < -0.3 is 16.4 Å². The highest BCUT2D eigenvalue weighted by atomic mass is 35.5. The maximum Gasteiger partial charge on any atom is 0.226 e. The fourth-order valence-corrected chi connectivity index (χ4v) is 2.80. The molecule has 0 aliphatic heterocycles. The number of aryl methyl sites for hydroxylation is 1. The second kappa shape index (κ2) is 6.01. The summed E-state index contributed by atoms with van der Waals surface area (Å²) in [5, 5.41) is 12.5. The van der Waals surface area contributed by atoms with Crippen molar-refractivity contribution < 1.29 is 0 Å². The van der Waals surface area contributed by atoms with Crippen LogP contribution in [0.25, 0.3) is 11.0 Å². The van der Waals surface area contributed by atoms with Crippen molar-refractivity contribution in [3.05, 3.63) is 34.4 Å². The molecule has 1 aliphatic rings. The SMILES string of the molecule is Cn1ncc2c(Nc3ccc(Cl)c(Cl)c3)nc(NCC3(N)CC3)nc21. The van der Waals surface area contributed by atoms with E-state index in [1.807, 2.05) is 13.1 Å². The molecule has 1 fully saturated rings. The highest BCUT2D eigenvalue weighted by Gasteiger charge is 2.38. The first-order chi connectivity index (χ1) is 11.9. The van der Waals surface area contributed by atoms with E-state index >= 15 is 0 Å². The largest absolute Gasteiger partial charge is 0.352 e. The van der Waals surface area contributed by atoms with E-state index in [1.54, 1.807) is 23.0 Å². The summed E-state index contributed by atoms with van der Waals surface area (Å²) in [6, 6.07) is 5.32. The number of nitrogens with two attached hydrogens (primary N) is 1. The molecule has 0 atom stereocenters. The van der Waals surface area contributed by atoms with Crippen LogP contribution in [0.1, 0.15) is 12.8 Å². The van der Waals surface area contributed by atoms with Gasteiger partial charge in [0, 0.05) is 24.8 Å². The van der Waals surface area contributed by atoms with Gasteiger partial charge in [0.05, 0.1) is 21.6 Å².